The van der Waals surface area contributed by atoms with Gasteiger partial charge in [0.25, 0.3) is 0 Å². The van der Waals surface area contributed by atoms with Gasteiger partial charge in [-0.15, -0.1) is 0 Å². The first-order valence-corrected chi connectivity index (χ1v) is 4.83. The molecule has 0 heterocycles. The minimum atomic E-state index is -0.957. The second-order valence-corrected chi connectivity index (χ2v) is 3.05. The highest BCUT2D eigenvalue weighted by Crippen LogP contribution is 2.13. The molecule has 1 N–H and O–H groups in total. The number of aliphatic carboxylic acids is 1. The van der Waals surface area contributed by atoms with Crippen LogP contribution in [0.1, 0.15) is 12.5 Å². The first kappa shape index (κ1) is 11.3. The molecule has 3 heteroatoms. The van der Waals surface area contributed by atoms with Gasteiger partial charge in [0.05, 0.1) is 0 Å². The number of carboxylic acid groups (broad SMARTS) is 1. The fourth-order valence-electron chi connectivity index (χ4n) is 1.15. The van der Waals surface area contributed by atoms with Crippen LogP contribution in [0.3, 0.4) is 0 Å². The van der Waals surface area contributed by atoms with Crippen LogP contribution in [0.4, 0.5) is 0 Å². The smallest absolute Gasteiger partial charge is 0.328 e. The molecule has 80 valence electrons. The lowest BCUT2D eigenvalue weighted by Gasteiger charge is -2.04. The Bertz CT molecular complexity index is 356. The lowest BCUT2D eigenvalue weighted by molar-refractivity contribution is -0.131. The summed E-state index contributed by atoms with van der Waals surface area (Å²) in [6.45, 7) is 2.35. The first-order valence-electron chi connectivity index (χ1n) is 4.83. The fraction of sp³-hybridized carbons (Fsp3) is 0.250. The van der Waals surface area contributed by atoms with Crippen LogP contribution in [-0.4, -0.2) is 17.7 Å². The third-order valence-corrected chi connectivity index (χ3v) is 1.91. The van der Waals surface area contributed by atoms with Gasteiger partial charge in [0.2, 0.25) is 0 Å². The van der Waals surface area contributed by atoms with Crippen molar-refractivity contribution in [2.45, 2.75) is 13.3 Å². The fourth-order valence-corrected chi connectivity index (χ4v) is 1.15. The van der Waals surface area contributed by atoms with Crippen molar-refractivity contribution in [1.82, 2.24) is 0 Å². The number of hydrogen-bond donors (Lipinski definition) is 1. The van der Waals surface area contributed by atoms with Crippen molar-refractivity contribution in [2.24, 2.45) is 0 Å². The number of aryl methyl sites for hydroxylation is 1. The zero-order valence-electron chi connectivity index (χ0n) is 8.64. The molecular weight excluding hydrogens is 192 g/mol. The lowest BCUT2D eigenvalue weighted by atomic mass is 10.2. The van der Waals surface area contributed by atoms with Crippen molar-refractivity contribution < 1.29 is 14.6 Å². The van der Waals surface area contributed by atoms with Crippen LogP contribution in [-0.2, 0) is 11.2 Å². The van der Waals surface area contributed by atoms with Gasteiger partial charge in [0, 0.05) is 6.08 Å². The molecule has 0 radical (unpaired) electrons. The van der Waals surface area contributed by atoms with Gasteiger partial charge in [-0.1, -0.05) is 19.1 Å². The Kier molecular flexibility index (Phi) is 4.41. The normalized spacial score (nSPS) is 10.5. The highest BCUT2D eigenvalue weighted by molar-refractivity contribution is 5.79. The van der Waals surface area contributed by atoms with Crippen LogP contribution in [0.5, 0.6) is 5.75 Å². The number of carbonyl (C=O) groups is 1. The Labute approximate surface area is 89.0 Å². The summed E-state index contributed by atoms with van der Waals surface area (Å²) in [6.07, 6.45) is 3.51. The molecule has 0 aromatic heterocycles. The van der Waals surface area contributed by atoms with E-state index in [0.717, 1.165) is 18.2 Å². The van der Waals surface area contributed by atoms with E-state index < -0.39 is 5.97 Å². The van der Waals surface area contributed by atoms with Crippen LogP contribution >= 0.6 is 0 Å². The Morgan fingerprint density at radius 2 is 2.33 bits per heavy atom. The Morgan fingerprint density at radius 1 is 1.53 bits per heavy atom. The van der Waals surface area contributed by atoms with Gasteiger partial charge in [-0.2, -0.15) is 0 Å². The number of rotatable bonds is 5. The van der Waals surface area contributed by atoms with E-state index in [2.05, 4.69) is 6.92 Å². The molecule has 15 heavy (non-hydrogen) atoms. The van der Waals surface area contributed by atoms with Crippen LogP contribution in [0.25, 0.3) is 0 Å². The zero-order chi connectivity index (χ0) is 11.1. The molecule has 0 aliphatic heterocycles. The summed E-state index contributed by atoms with van der Waals surface area (Å²) >= 11 is 0. The van der Waals surface area contributed by atoms with E-state index in [1.165, 1.54) is 11.6 Å². The predicted octanol–water partition coefficient (Wildman–Crippen LogP) is 2.27. The summed E-state index contributed by atoms with van der Waals surface area (Å²) in [5, 5.41) is 8.35. The standard InChI is InChI=1S/C12H14O3/c1-2-10-5-3-6-11(9-10)15-8-4-7-12(13)14/h3-7,9H,2,8H2,1H3,(H,13,14)/b7-4+. The maximum absolute atomic E-state index is 10.2. The second-order valence-electron chi connectivity index (χ2n) is 3.05. The molecule has 0 spiro atoms. The highest BCUT2D eigenvalue weighted by Gasteiger charge is 1.93. The topological polar surface area (TPSA) is 46.5 Å². The highest BCUT2D eigenvalue weighted by atomic mass is 16.5. The van der Waals surface area contributed by atoms with Crippen molar-refractivity contribution in [2.75, 3.05) is 6.61 Å². The van der Waals surface area contributed by atoms with Gasteiger partial charge in [-0.3, -0.25) is 0 Å². The van der Waals surface area contributed by atoms with Gasteiger partial charge in [-0.05, 0) is 30.2 Å². The first-order chi connectivity index (χ1) is 7.22. The number of ether oxygens (including phenoxy) is 1. The van der Waals surface area contributed by atoms with E-state index in [0.29, 0.717) is 0 Å². The molecule has 1 aromatic carbocycles. The summed E-state index contributed by atoms with van der Waals surface area (Å²) in [4.78, 5) is 10.2. The lowest BCUT2D eigenvalue weighted by Crippen LogP contribution is -1.96. The van der Waals surface area contributed by atoms with E-state index in [-0.39, 0.29) is 6.61 Å². The van der Waals surface area contributed by atoms with Crippen molar-refractivity contribution in [3.05, 3.63) is 42.0 Å². The van der Waals surface area contributed by atoms with E-state index in [1.54, 1.807) is 0 Å². The Hall–Kier alpha value is -1.77. The summed E-state index contributed by atoms with van der Waals surface area (Å²) in [7, 11) is 0. The molecule has 0 atom stereocenters. The van der Waals surface area contributed by atoms with Crippen LogP contribution in [0.15, 0.2) is 36.4 Å². The second kappa shape index (κ2) is 5.86. The number of hydrogen-bond acceptors (Lipinski definition) is 2. The minimum absolute atomic E-state index is 0.277. The molecular formula is C12H14O3. The molecule has 1 aromatic rings. The van der Waals surface area contributed by atoms with Crippen molar-refractivity contribution >= 4 is 5.97 Å². The monoisotopic (exact) mass is 206 g/mol. The van der Waals surface area contributed by atoms with Gasteiger partial charge in [0.1, 0.15) is 12.4 Å². The van der Waals surface area contributed by atoms with E-state index >= 15 is 0 Å². The zero-order valence-corrected chi connectivity index (χ0v) is 8.64. The van der Waals surface area contributed by atoms with E-state index in [4.69, 9.17) is 9.84 Å². The summed E-state index contributed by atoms with van der Waals surface area (Å²) in [6, 6.07) is 7.76. The van der Waals surface area contributed by atoms with Crippen LogP contribution in [0.2, 0.25) is 0 Å². The summed E-state index contributed by atoms with van der Waals surface area (Å²) < 4.78 is 5.35. The Balaban J connectivity index is 2.47. The molecule has 1 rings (SSSR count). The van der Waals surface area contributed by atoms with Crippen LogP contribution in [0, 0.1) is 0 Å². The van der Waals surface area contributed by atoms with Gasteiger partial charge in [-0.25, -0.2) is 4.79 Å². The third kappa shape index (κ3) is 4.31. The van der Waals surface area contributed by atoms with Gasteiger partial charge < -0.3 is 9.84 Å². The molecule has 0 amide bonds. The maximum Gasteiger partial charge on any atom is 0.328 e. The van der Waals surface area contributed by atoms with Crippen LogP contribution < -0.4 is 4.74 Å². The average Bonchev–Trinajstić information content (AvgIpc) is 2.24. The largest absolute Gasteiger partial charge is 0.490 e. The van der Waals surface area contributed by atoms with Gasteiger partial charge in [0.15, 0.2) is 0 Å². The van der Waals surface area contributed by atoms with Crippen molar-refractivity contribution in [3.63, 3.8) is 0 Å². The molecule has 0 unspecified atom stereocenters. The van der Waals surface area contributed by atoms with E-state index in [9.17, 15) is 4.79 Å². The number of carboxylic acids is 1. The minimum Gasteiger partial charge on any atom is -0.490 e. The summed E-state index contributed by atoms with van der Waals surface area (Å²) in [5.74, 6) is -0.190. The molecule has 0 bridgehead atoms. The SMILES string of the molecule is CCc1cccc(OC/C=C/C(=O)O)c1. The molecule has 0 fully saturated rings. The summed E-state index contributed by atoms with van der Waals surface area (Å²) in [5.41, 5.74) is 1.20. The van der Waals surface area contributed by atoms with Gasteiger partial charge >= 0.3 is 5.97 Å². The molecule has 0 aliphatic carbocycles. The number of benzene rings is 1. The Morgan fingerprint density at radius 3 is 3.00 bits per heavy atom. The predicted molar refractivity (Wildman–Crippen MR) is 58.1 cm³/mol. The molecule has 0 saturated heterocycles. The third-order valence-electron chi connectivity index (χ3n) is 1.91. The van der Waals surface area contributed by atoms with Crippen molar-refractivity contribution in [1.29, 1.82) is 0 Å². The molecule has 0 aliphatic rings. The van der Waals surface area contributed by atoms with E-state index in [1.807, 2.05) is 24.3 Å². The molecule has 0 saturated carbocycles. The molecule has 3 nitrogen and oxygen atoms in total. The average molecular weight is 206 g/mol. The van der Waals surface area contributed by atoms with Crippen molar-refractivity contribution in [3.8, 4) is 5.75 Å². The maximum atomic E-state index is 10.2. The quantitative estimate of drug-likeness (QED) is 0.752.